The summed E-state index contributed by atoms with van der Waals surface area (Å²) >= 11 is 0. The van der Waals surface area contributed by atoms with Crippen LogP contribution in [0.2, 0.25) is 0 Å². The van der Waals surface area contributed by atoms with Gasteiger partial charge in [0.05, 0.1) is 12.7 Å². The fourth-order valence-corrected chi connectivity index (χ4v) is 10.2. The second-order valence-corrected chi connectivity index (χ2v) is 13.5. The lowest BCUT2D eigenvalue weighted by Crippen LogP contribution is -2.82. The molecular weight excluding hydrogens is 438 g/mol. The highest BCUT2D eigenvalue weighted by Gasteiger charge is 2.81. The summed E-state index contributed by atoms with van der Waals surface area (Å²) in [4.78, 5) is 2.87. The van der Waals surface area contributed by atoms with Crippen molar-refractivity contribution in [3.63, 3.8) is 0 Å². The lowest BCUT2D eigenvalue weighted by molar-refractivity contribution is -0.303. The van der Waals surface area contributed by atoms with Gasteiger partial charge >= 0.3 is 0 Å². The molecule has 2 heterocycles. The highest BCUT2D eigenvalue weighted by molar-refractivity contribution is 5.63. The van der Waals surface area contributed by atoms with Crippen LogP contribution in [0.1, 0.15) is 76.8 Å². The smallest absolute Gasteiger partial charge is 0.165 e. The van der Waals surface area contributed by atoms with Crippen molar-refractivity contribution >= 4 is 0 Å². The molecule has 7 atom stereocenters. The maximum atomic E-state index is 12.1. The first-order valence-corrected chi connectivity index (χ1v) is 14.1. The summed E-state index contributed by atoms with van der Waals surface area (Å²) in [7, 11) is 3.64. The Morgan fingerprint density at radius 1 is 1.20 bits per heavy atom. The van der Waals surface area contributed by atoms with Crippen molar-refractivity contribution in [3.8, 4) is 11.5 Å². The molecule has 0 amide bonds. The molecule has 5 nitrogen and oxygen atoms in total. The summed E-state index contributed by atoms with van der Waals surface area (Å²) in [5.41, 5.74) is 1.69. The molecule has 5 fully saturated rings. The summed E-state index contributed by atoms with van der Waals surface area (Å²) in [5, 5.41) is 12.1. The van der Waals surface area contributed by atoms with Crippen LogP contribution >= 0.6 is 0 Å². The van der Waals surface area contributed by atoms with Gasteiger partial charge in [0, 0.05) is 42.0 Å². The number of piperidine rings is 1. The highest BCUT2D eigenvalue weighted by atomic mass is 16.6. The molecule has 4 saturated carbocycles. The summed E-state index contributed by atoms with van der Waals surface area (Å²) in [6, 6.07) is 4.96. The molecule has 5 aliphatic carbocycles. The van der Waals surface area contributed by atoms with Crippen molar-refractivity contribution in [2.24, 2.45) is 23.2 Å². The van der Waals surface area contributed by atoms with Gasteiger partial charge in [-0.3, -0.25) is 4.90 Å². The number of aliphatic hydroxyl groups is 1. The van der Waals surface area contributed by atoms with Gasteiger partial charge in [0.25, 0.3) is 0 Å². The zero-order chi connectivity index (χ0) is 24.4. The number of benzene rings is 1. The lowest BCUT2D eigenvalue weighted by Gasteiger charge is -2.75. The van der Waals surface area contributed by atoms with Crippen LogP contribution in [-0.4, -0.2) is 60.7 Å². The minimum atomic E-state index is -0.794. The van der Waals surface area contributed by atoms with Crippen molar-refractivity contribution < 1.29 is 19.3 Å². The average molecular weight is 482 g/mol. The van der Waals surface area contributed by atoms with E-state index in [2.05, 4.69) is 37.8 Å². The van der Waals surface area contributed by atoms with Crippen molar-refractivity contribution in [1.29, 1.82) is 0 Å². The van der Waals surface area contributed by atoms with E-state index in [0.717, 1.165) is 62.5 Å². The summed E-state index contributed by atoms with van der Waals surface area (Å²) in [6.45, 7) is 8.92. The van der Waals surface area contributed by atoms with E-state index in [9.17, 15) is 5.11 Å². The van der Waals surface area contributed by atoms with Gasteiger partial charge in [0.15, 0.2) is 11.5 Å². The quantitative estimate of drug-likeness (QED) is 0.611. The summed E-state index contributed by atoms with van der Waals surface area (Å²) in [6.07, 6.45) is 8.88. The summed E-state index contributed by atoms with van der Waals surface area (Å²) in [5.74, 6) is 3.20. The molecule has 7 aliphatic rings. The van der Waals surface area contributed by atoms with E-state index in [0.29, 0.717) is 12.0 Å². The van der Waals surface area contributed by atoms with Gasteiger partial charge in [-0.25, -0.2) is 0 Å². The molecule has 0 radical (unpaired) electrons. The first kappa shape index (κ1) is 22.9. The lowest BCUT2D eigenvalue weighted by atomic mass is 9.33. The van der Waals surface area contributed by atoms with Crippen LogP contribution in [0.5, 0.6) is 11.5 Å². The number of fused-ring (bicyclic) bond motifs is 2. The number of likely N-dealkylation sites (tertiary alicyclic amines) is 1. The van der Waals surface area contributed by atoms with Gasteiger partial charge in [-0.2, -0.15) is 0 Å². The average Bonchev–Trinajstić information content (AvgIpc) is 3.56. The van der Waals surface area contributed by atoms with Crippen molar-refractivity contribution in [2.75, 3.05) is 27.3 Å². The molecule has 8 rings (SSSR count). The molecule has 0 unspecified atom stereocenters. The highest BCUT2D eigenvalue weighted by Crippen LogP contribution is 2.77. The van der Waals surface area contributed by atoms with Gasteiger partial charge < -0.3 is 19.3 Å². The fraction of sp³-hybridized carbons (Fsp3) is 0.800. The molecule has 35 heavy (non-hydrogen) atoms. The fourth-order valence-electron chi connectivity index (χ4n) is 10.2. The molecule has 1 saturated heterocycles. The molecule has 2 spiro atoms. The molecule has 1 aromatic carbocycles. The zero-order valence-corrected chi connectivity index (χ0v) is 22.2. The Labute approximate surface area is 210 Å². The van der Waals surface area contributed by atoms with E-state index >= 15 is 0 Å². The molecule has 2 aliphatic heterocycles. The van der Waals surface area contributed by atoms with Crippen LogP contribution < -0.4 is 9.47 Å². The number of hydrogen-bond acceptors (Lipinski definition) is 5. The van der Waals surface area contributed by atoms with Gasteiger partial charge in [-0.05, 0) is 88.3 Å². The van der Waals surface area contributed by atoms with Crippen LogP contribution in [0.15, 0.2) is 12.1 Å². The number of hydrogen-bond donors (Lipinski definition) is 1. The normalized spacial score (nSPS) is 42.5. The standard InChI is InChI=1S/C30H43NO4/c1-18(2)15-27(3,32)22-16-28-10-11-30(22,34-5)26-29(28)12-13-31(17-19-6-7-19)23(28)14-20-8-9-21(33-4)25(35-26)24(20)29/h8-9,18-19,22-23,26,32H,6-7,10-17H2,1-5H3/t22-,23-,26-,27+,28-,29+,30-/m1/s1. The minimum Gasteiger partial charge on any atom is -0.493 e. The Morgan fingerprint density at radius 3 is 2.69 bits per heavy atom. The third kappa shape index (κ3) is 2.66. The van der Waals surface area contributed by atoms with Gasteiger partial charge in [-0.15, -0.1) is 0 Å². The molecule has 1 aromatic rings. The van der Waals surface area contributed by atoms with Crippen LogP contribution in [0.4, 0.5) is 0 Å². The SMILES string of the molecule is COc1ccc2c3c1O[C@H]1[C@@]4(OC)CC[C@@]5(C[C@@H]4[C@@](C)(O)CC(C)C)[C@@H](C2)N(CC2CC2)CC[C@]315. The second kappa shape index (κ2) is 7.17. The third-order valence-corrected chi connectivity index (χ3v) is 11.4. The van der Waals surface area contributed by atoms with Crippen LogP contribution in [0.3, 0.4) is 0 Å². The van der Waals surface area contributed by atoms with E-state index in [1.807, 2.05) is 7.11 Å². The van der Waals surface area contributed by atoms with Crippen LogP contribution in [0.25, 0.3) is 0 Å². The number of methoxy groups -OCH3 is 2. The second-order valence-electron chi connectivity index (χ2n) is 13.5. The topological polar surface area (TPSA) is 51.2 Å². The number of rotatable bonds is 7. The molecular formula is C30H43NO4. The van der Waals surface area contributed by atoms with E-state index in [1.165, 1.54) is 30.5 Å². The largest absolute Gasteiger partial charge is 0.493 e. The zero-order valence-electron chi connectivity index (χ0n) is 22.2. The Bertz CT molecular complexity index is 1050. The maximum absolute atomic E-state index is 12.1. The van der Waals surface area contributed by atoms with Crippen molar-refractivity contribution in [1.82, 2.24) is 4.90 Å². The molecule has 1 N–H and O–H groups in total. The Morgan fingerprint density at radius 2 is 2.00 bits per heavy atom. The molecule has 192 valence electrons. The first-order chi connectivity index (χ1) is 16.7. The number of ether oxygens (including phenoxy) is 3. The first-order valence-electron chi connectivity index (χ1n) is 14.1. The third-order valence-electron chi connectivity index (χ3n) is 11.4. The monoisotopic (exact) mass is 481 g/mol. The minimum absolute atomic E-state index is 0.0478. The van der Waals surface area contributed by atoms with Gasteiger partial charge in [0.2, 0.25) is 0 Å². The van der Waals surface area contributed by atoms with E-state index in [-0.39, 0.29) is 22.9 Å². The Kier molecular flexibility index (Phi) is 4.68. The Hall–Kier alpha value is -1.30. The molecule has 4 bridgehead atoms. The van der Waals surface area contributed by atoms with Crippen LogP contribution in [0, 0.1) is 23.2 Å². The number of nitrogens with zero attached hydrogens (tertiary/aromatic N) is 1. The van der Waals surface area contributed by atoms with E-state index in [1.54, 1.807) is 7.11 Å². The van der Waals surface area contributed by atoms with Crippen molar-refractivity contribution in [3.05, 3.63) is 23.3 Å². The molecule has 5 heteroatoms. The van der Waals surface area contributed by atoms with E-state index < -0.39 is 11.2 Å². The van der Waals surface area contributed by atoms with Gasteiger partial charge in [0.1, 0.15) is 11.7 Å². The van der Waals surface area contributed by atoms with Crippen LogP contribution in [-0.2, 0) is 16.6 Å². The molecule has 0 aromatic heterocycles. The predicted octanol–water partition coefficient (Wildman–Crippen LogP) is 4.72. The Balaban J connectivity index is 1.45. The van der Waals surface area contributed by atoms with Crippen molar-refractivity contribution in [2.45, 2.75) is 101 Å². The summed E-state index contributed by atoms with van der Waals surface area (Å²) < 4.78 is 19.6. The maximum Gasteiger partial charge on any atom is 0.165 e. The van der Waals surface area contributed by atoms with E-state index in [4.69, 9.17) is 14.2 Å². The van der Waals surface area contributed by atoms with Gasteiger partial charge in [-0.1, -0.05) is 19.9 Å². The predicted molar refractivity (Wildman–Crippen MR) is 135 cm³/mol.